The van der Waals surface area contributed by atoms with Crippen LogP contribution in [0.1, 0.15) is 29.5 Å². The molecule has 1 aliphatic heterocycles. The van der Waals surface area contributed by atoms with Crippen LogP contribution in [0.2, 0.25) is 0 Å². The third kappa shape index (κ3) is 3.07. The number of hydrogen-bond donors (Lipinski definition) is 1. The topological polar surface area (TPSA) is 57.6 Å². The van der Waals surface area contributed by atoms with Crippen molar-refractivity contribution in [1.29, 1.82) is 0 Å². The second-order valence-corrected chi connectivity index (χ2v) is 5.22. The number of carbonyl (C=O) groups excluding carboxylic acids is 1. The van der Waals surface area contributed by atoms with Gasteiger partial charge in [0.15, 0.2) is 0 Å². The van der Waals surface area contributed by atoms with E-state index in [1.165, 1.54) is 16.5 Å². The van der Waals surface area contributed by atoms with Gasteiger partial charge in [0.25, 0.3) is 0 Å². The van der Waals surface area contributed by atoms with Crippen LogP contribution in [0.5, 0.6) is 0 Å². The van der Waals surface area contributed by atoms with Crippen molar-refractivity contribution >= 4 is 18.0 Å². The van der Waals surface area contributed by atoms with Crippen LogP contribution in [-0.4, -0.2) is 34.5 Å². The van der Waals surface area contributed by atoms with Crippen molar-refractivity contribution in [3.63, 3.8) is 0 Å². The minimum absolute atomic E-state index is 0.227. The van der Waals surface area contributed by atoms with Gasteiger partial charge in [-0.2, -0.15) is 0 Å². The molecule has 1 saturated heterocycles. The molecule has 0 spiro atoms. The summed E-state index contributed by atoms with van der Waals surface area (Å²) in [6.07, 6.45) is 4.52. The predicted molar refractivity (Wildman–Crippen MR) is 77.3 cm³/mol. The van der Waals surface area contributed by atoms with Gasteiger partial charge < -0.3 is 10.0 Å². The Hall–Kier alpha value is -2.10. The van der Waals surface area contributed by atoms with Crippen molar-refractivity contribution in [2.24, 2.45) is 0 Å². The first-order valence-corrected chi connectivity index (χ1v) is 6.78. The van der Waals surface area contributed by atoms with Crippen LogP contribution < -0.4 is 0 Å². The summed E-state index contributed by atoms with van der Waals surface area (Å²) in [5, 5.41) is 9.07. The summed E-state index contributed by atoms with van der Waals surface area (Å²) in [5.74, 6) is -1.15. The van der Waals surface area contributed by atoms with Gasteiger partial charge in [-0.3, -0.25) is 4.79 Å². The molecule has 1 aromatic carbocycles. The van der Waals surface area contributed by atoms with Gasteiger partial charge in [-0.1, -0.05) is 23.8 Å². The molecule has 0 aromatic heterocycles. The molecular weight excluding hydrogens is 254 g/mol. The molecule has 0 radical (unpaired) electrons. The Balaban J connectivity index is 2.11. The fourth-order valence-corrected chi connectivity index (χ4v) is 2.56. The normalized spacial score (nSPS) is 18.7. The first-order valence-electron chi connectivity index (χ1n) is 6.78. The Morgan fingerprint density at radius 1 is 1.35 bits per heavy atom. The number of aryl methyl sites for hydroxylation is 2. The molecule has 106 valence electrons. The molecule has 0 aliphatic carbocycles. The van der Waals surface area contributed by atoms with Crippen LogP contribution >= 0.6 is 0 Å². The number of benzene rings is 1. The smallest absolute Gasteiger partial charge is 0.326 e. The van der Waals surface area contributed by atoms with E-state index in [1.807, 2.05) is 26.0 Å². The zero-order valence-electron chi connectivity index (χ0n) is 11.8. The van der Waals surface area contributed by atoms with E-state index in [4.69, 9.17) is 5.11 Å². The van der Waals surface area contributed by atoms with Gasteiger partial charge in [0.05, 0.1) is 0 Å². The molecule has 20 heavy (non-hydrogen) atoms. The van der Waals surface area contributed by atoms with Crippen LogP contribution in [0, 0.1) is 13.8 Å². The van der Waals surface area contributed by atoms with E-state index >= 15 is 0 Å². The fourth-order valence-electron chi connectivity index (χ4n) is 2.56. The summed E-state index contributed by atoms with van der Waals surface area (Å²) in [4.78, 5) is 24.6. The highest BCUT2D eigenvalue weighted by molar-refractivity contribution is 5.94. The molecule has 1 atom stereocenters. The van der Waals surface area contributed by atoms with Crippen molar-refractivity contribution in [2.45, 2.75) is 32.7 Å². The molecular formula is C16H19NO3. The SMILES string of the molecule is Cc1ccc(/C=C/C(=O)N2CCCC2C(=O)O)c(C)c1. The van der Waals surface area contributed by atoms with Gasteiger partial charge in [0.1, 0.15) is 6.04 Å². The maximum Gasteiger partial charge on any atom is 0.326 e. The largest absolute Gasteiger partial charge is 0.480 e. The lowest BCUT2D eigenvalue weighted by Crippen LogP contribution is -2.39. The van der Waals surface area contributed by atoms with Gasteiger partial charge in [-0.05, 0) is 43.9 Å². The average molecular weight is 273 g/mol. The number of hydrogen-bond acceptors (Lipinski definition) is 2. The molecule has 4 heteroatoms. The zero-order valence-corrected chi connectivity index (χ0v) is 11.8. The van der Waals surface area contributed by atoms with Gasteiger partial charge in [0.2, 0.25) is 5.91 Å². The summed E-state index contributed by atoms with van der Waals surface area (Å²) in [5.41, 5.74) is 3.26. The van der Waals surface area contributed by atoms with E-state index in [2.05, 4.69) is 6.07 Å². The Bertz CT molecular complexity index is 563. The Morgan fingerprint density at radius 2 is 2.10 bits per heavy atom. The van der Waals surface area contributed by atoms with Crippen LogP contribution in [0.25, 0.3) is 6.08 Å². The molecule has 4 nitrogen and oxygen atoms in total. The molecule has 1 aromatic rings. The number of rotatable bonds is 3. The van der Waals surface area contributed by atoms with Gasteiger partial charge in [0, 0.05) is 12.6 Å². The molecule has 0 bridgehead atoms. The number of carboxylic acids is 1. The van der Waals surface area contributed by atoms with Crippen molar-refractivity contribution < 1.29 is 14.7 Å². The summed E-state index contributed by atoms with van der Waals surface area (Å²) in [7, 11) is 0. The van der Waals surface area contributed by atoms with Crippen LogP contribution in [-0.2, 0) is 9.59 Å². The van der Waals surface area contributed by atoms with Crippen molar-refractivity contribution in [3.8, 4) is 0 Å². The van der Waals surface area contributed by atoms with Crippen LogP contribution in [0.15, 0.2) is 24.3 Å². The molecule has 1 N–H and O–H groups in total. The fraction of sp³-hybridized carbons (Fsp3) is 0.375. The second kappa shape index (κ2) is 5.90. The number of carbonyl (C=O) groups is 2. The minimum atomic E-state index is -0.921. The van der Waals surface area contributed by atoms with E-state index in [1.54, 1.807) is 6.08 Å². The lowest BCUT2D eigenvalue weighted by atomic mass is 10.1. The predicted octanol–water partition coefficient (Wildman–Crippen LogP) is 2.39. The molecule has 1 fully saturated rings. The molecule has 0 saturated carbocycles. The number of nitrogens with zero attached hydrogens (tertiary/aromatic N) is 1. The summed E-state index contributed by atoms with van der Waals surface area (Å²) >= 11 is 0. The second-order valence-electron chi connectivity index (χ2n) is 5.22. The number of likely N-dealkylation sites (tertiary alicyclic amines) is 1. The van der Waals surface area contributed by atoms with E-state index in [0.29, 0.717) is 13.0 Å². The van der Waals surface area contributed by atoms with Crippen LogP contribution in [0.3, 0.4) is 0 Å². The molecule has 1 aliphatic rings. The van der Waals surface area contributed by atoms with Crippen molar-refractivity contribution in [3.05, 3.63) is 41.0 Å². The number of aliphatic carboxylic acids is 1. The average Bonchev–Trinajstić information content (AvgIpc) is 2.86. The zero-order chi connectivity index (χ0) is 14.7. The summed E-state index contributed by atoms with van der Waals surface area (Å²) in [6, 6.07) is 5.34. The van der Waals surface area contributed by atoms with Crippen molar-refractivity contribution in [2.75, 3.05) is 6.54 Å². The lowest BCUT2D eigenvalue weighted by molar-refractivity contribution is -0.146. The summed E-state index contributed by atoms with van der Waals surface area (Å²) < 4.78 is 0. The monoisotopic (exact) mass is 273 g/mol. The standard InChI is InChI=1S/C16H19NO3/c1-11-5-6-13(12(2)10-11)7-8-15(18)17-9-3-4-14(17)16(19)20/h5-8,10,14H,3-4,9H2,1-2H3,(H,19,20)/b8-7+. The Labute approximate surface area is 118 Å². The highest BCUT2D eigenvalue weighted by atomic mass is 16.4. The van der Waals surface area contributed by atoms with Gasteiger partial charge in [-0.15, -0.1) is 0 Å². The highest BCUT2D eigenvalue weighted by Crippen LogP contribution is 2.18. The van der Waals surface area contributed by atoms with E-state index in [0.717, 1.165) is 17.5 Å². The number of amides is 1. The maximum atomic E-state index is 12.1. The van der Waals surface area contributed by atoms with E-state index < -0.39 is 12.0 Å². The first kappa shape index (κ1) is 14.3. The highest BCUT2D eigenvalue weighted by Gasteiger charge is 2.32. The quantitative estimate of drug-likeness (QED) is 0.860. The van der Waals surface area contributed by atoms with Gasteiger partial charge >= 0.3 is 5.97 Å². The van der Waals surface area contributed by atoms with E-state index in [9.17, 15) is 9.59 Å². The molecule has 1 unspecified atom stereocenters. The molecule has 1 heterocycles. The lowest BCUT2D eigenvalue weighted by Gasteiger charge is -2.19. The Morgan fingerprint density at radius 3 is 2.75 bits per heavy atom. The van der Waals surface area contributed by atoms with Crippen molar-refractivity contribution in [1.82, 2.24) is 4.90 Å². The summed E-state index contributed by atoms with van der Waals surface area (Å²) in [6.45, 7) is 4.54. The first-order chi connectivity index (χ1) is 9.49. The maximum absolute atomic E-state index is 12.1. The third-order valence-electron chi connectivity index (χ3n) is 3.65. The van der Waals surface area contributed by atoms with Gasteiger partial charge in [-0.25, -0.2) is 4.79 Å². The van der Waals surface area contributed by atoms with E-state index in [-0.39, 0.29) is 5.91 Å². The van der Waals surface area contributed by atoms with Crippen LogP contribution in [0.4, 0.5) is 0 Å². The molecule has 2 rings (SSSR count). The minimum Gasteiger partial charge on any atom is -0.480 e. The number of carboxylic acid groups (broad SMARTS) is 1. The third-order valence-corrected chi connectivity index (χ3v) is 3.65. The molecule has 1 amide bonds. The Kier molecular flexibility index (Phi) is 4.23.